The van der Waals surface area contributed by atoms with Crippen LogP contribution in [0.2, 0.25) is 18.1 Å². The number of hydrogen-bond acceptors (Lipinski definition) is 5. The summed E-state index contributed by atoms with van der Waals surface area (Å²) in [5.74, 6) is -1.20. The summed E-state index contributed by atoms with van der Waals surface area (Å²) >= 11 is 0. The van der Waals surface area contributed by atoms with Crippen LogP contribution < -0.4 is 9.08 Å². The number of rotatable bonds is 11. The Bertz CT molecular complexity index is 1880. The smallest absolute Gasteiger partial charge is 0.410 e. The zero-order valence-electron chi connectivity index (χ0n) is 27.9. The summed E-state index contributed by atoms with van der Waals surface area (Å²) in [4.78, 5) is 15.6. The summed E-state index contributed by atoms with van der Waals surface area (Å²) in [5.41, 5.74) is -2.03. The molecule has 1 aliphatic heterocycles. The van der Waals surface area contributed by atoms with Crippen molar-refractivity contribution in [1.29, 1.82) is 0 Å². The molecule has 1 amide bonds. The Labute approximate surface area is 285 Å². The number of hydrogen-bond donors (Lipinski definition) is 0. The van der Waals surface area contributed by atoms with Gasteiger partial charge in [-0.1, -0.05) is 87.5 Å². The molecule has 1 fully saturated rings. The number of β-lactam (4-membered cyclic amide) rings is 1. The van der Waals surface area contributed by atoms with E-state index in [0.717, 1.165) is 22.9 Å². The third kappa shape index (κ3) is 7.92. The van der Waals surface area contributed by atoms with Crippen LogP contribution in [-0.4, -0.2) is 28.2 Å². The second-order valence-electron chi connectivity index (χ2n) is 13.7. The predicted molar refractivity (Wildman–Crippen MR) is 184 cm³/mol. The Morgan fingerprint density at radius 3 is 2.06 bits per heavy atom. The van der Waals surface area contributed by atoms with Gasteiger partial charge in [0.2, 0.25) is 5.91 Å². The second-order valence-corrected chi connectivity index (χ2v) is 20.0. The Morgan fingerprint density at radius 1 is 0.837 bits per heavy atom. The summed E-state index contributed by atoms with van der Waals surface area (Å²) in [6.45, 7) is 10.8. The highest BCUT2D eigenvalue weighted by Gasteiger charge is 2.50. The van der Waals surface area contributed by atoms with Gasteiger partial charge in [-0.3, -0.25) is 4.79 Å². The number of para-hydroxylation sites is 1. The van der Waals surface area contributed by atoms with E-state index in [1.165, 1.54) is 24.3 Å². The van der Waals surface area contributed by atoms with E-state index in [0.29, 0.717) is 24.0 Å². The highest BCUT2D eigenvalue weighted by atomic mass is 32.2. The number of nitrogens with zero attached hydrogens (tertiary/aromatic N) is 1. The van der Waals surface area contributed by atoms with Gasteiger partial charge in [0, 0.05) is 5.69 Å². The Kier molecular flexibility index (Phi) is 10.2. The molecule has 0 saturated carbocycles. The van der Waals surface area contributed by atoms with Gasteiger partial charge in [-0.25, -0.2) is 4.39 Å². The molecule has 1 saturated heterocycles. The van der Waals surface area contributed by atoms with Crippen molar-refractivity contribution in [3.63, 3.8) is 0 Å². The largest absolute Gasteiger partial charge is 0.534 e. The zero-order valence-corrected chi connectivity index (χ0v) is 29.7. The van der Waals surface area contributed by atoms with E-state index >= 15 is 0 Å². The van der Waals surface area contributed by atoms with Gasteiger partial charge in [0.15, 0.2) is 8.32 Å². The van der Waals surface area contributed by atoms with Gasteiger partial charge in [-0.2, -0.15) is 21.6 Å². The maximum Gasteiger partial charge on any atom is 0.534 e. The van der Waals surface area contributed by atoms with Gasteiger partial charge in [0.05, 0.1) is 18.1 Å². The normalized spacial score (nSPS) is 17.8. The second kappa shape index (κ2) is 13.7. The average molecular weight is 714 g/mol. The van der Waals surface area contributed by atoms with Crippen LogP contribution in [-0.2, 0) is 19.3 Å². The maximum absolute atomic E-state index is 13.9. The molecule has 0 aromatic heterocycles. The molecular formula is C37H39F4NO5SSi. The molecule has 0 bridgehead atoms. The summed E-state index contributed by atoms with van der Waals surface area (Å²) in [6.07, 6.45) is 0.719. The molecule has 6 nitrogen and oxygen atoms in total. The van der Waals surface area contributed by atoms with E-state index in [9.17, 15) is 30.8 Å². The molecule has 260 valence electrons. The van der Waals surface area contributed by atoms with Crippen LogP contribution in [0.3, 0.4) is 0 Å². The minimum absolute atomic E-state index is 0.0267. The first-order chi connectivity index (χ1) is 22.9. The molecule has 0 aliphatic carbocycles. The van der Waals surface area contributed by atoms with Crippen molar-refractivity contribution in [1.82, 2.24) is 0 Å². The van der Waals surface area contributed by atoms with Crippen molar-refractivity contribution in [3.8, 4) is 16.9 Å². The molecule has 1 heterocycles. The van der Waals surface area contributed by atoms with E-state index in [2.05, 4.69) is 38.0 Å². The number of benzene rings is 4. The quantitative estimate of drug-likeness (QED) is 0.0509. The number of halogens is 4. The van der Waals surface area contributed by atoms with Crippen molar-refractivity contribution in [2.24, 2.45) is 5.92 Å². The summed E-state index contributed by atoms with van der Waals surface area (Å²) in [5, 5.41) is -0.0653. The summed E-state index contributed by atoms with van der Waals surface area (Å²) in [7, 11) is -8.06. The molecule has 5 rings (SSSR count). The monoisotopic (exact) mass is 713 g/mol. The van der Waals surface area contributed by atoms with E-state index in [-0.39, 0.29) is 34.8 Å². The van der Waals surface area contributed by atoms with Crippen LogP contribution in [0.1, 0.15) is 56.9 Å². The first-order valence-electron chi connectivity index (χ1n) is 15.9. The highest BCUT2D eigenvalue weighted by molar-refractivity contribution is 7.88. The van der Waals surface area contributed by atoms with E-state index in [4.69, 9.17) is 4.43 Å². The van der Waals surface area contributed by atoms with Crippen molar-refractivity contribution in [3.05, 3.63) is 120 Å². The maximum atomic E-state index is 13.9. The lowest BCUT2D eigenvalue weighted by atomic mass is 9.78. The van der Waals surface area contributed by atoms with E-state index in [1.54, 1.807) is 35.2 Å². The van der Waals surface area contributed by atoms with Crippen molar-refractivity contribution in [2.75, 3.05) is 4.90 Å². The molecule has 12 heteroatoms. The molecule has 4 aromatic carbocycles. The van der Waals surface area contributed by atoms with Crippen molar-refractivity contribution < 1.29 is 39.4 Å². The molecular weight excluding hydrogens is 675 g/mol. The van der Waals surface area contributed by atoms with Crippen LogP contribution in [0.25, 0.3) is 11.1 Å². The lowest BCUT2D eigenvalue weighted by molar-refractivity contribution is -0.131. The van der Waals surface area contributed by atoms with Crippen LogP contribution in [0.4, 0.5) is 23.2 Å². The van der Waals surface area contributed by atoms with Gasteiger partial charge >= 0.3 is 15.6 Å². The van der Waals surface area contributed by atoms with Gasteiger partial charge in [-0.05, 0) is 89.6 Å². The molecule has 1 aliphatic rings. The molecule has 49 heavy (non-hydrogen) atoms. The number of carbonyl (C=O) groups excluding carboxylic acids is 1. The fourth-order valence-corrected chi connectivity index (χ4v) is 7.47. The van der Waals surface area contributed by atoms with Crippen LogP contribution in [0.15, 0.2) is 103 Å². The zero-order chi connectivity index (χ0) is 35.8. The number of carbonyl (C=O) groups is 1. The predicted octanol–water partition coefficient (Wildman–Crippen LogP) is 9.97. The molecule has 4 aromatic rings. The average Bonchev–Trinajstić information content (AvgIpc) is 3.03. The van der Waals surface area contributed by atoms with Gasteiger partial charge in [0.1, 0.15) is 11.6 Å². The highest BCUT2D eigenvalue weighted by Crippen LogP contribution is 2.48. The van der Waals surface area contributed by atoms with Crippen molar-refractivity contribution in [2.45, 2.75) is 69.4 Å². The summed E-state index contributed by atoms with van der Waals surface area (Å²) < 4.78 is 86.7. The van der Waals surface area contributed by atoms with Crippen LogP contribution in [0.5, 0.6) is 5.75 Å². The Morgan fingerprint density at radius 2 is 1.47 bits per heavy atom. The molecule has 3 unspecified atom stereocenters. The lowest BCUT2D eigenvalue weighted by Gasteiger charge is -2.48. The first-order valence-corrected chi connectivity index (χ1v) is 20.2. The van der Waals surface area contributed by atoms with Gasteiger partial charge in [0.25, 0.3) is 0 Å². The Balaban J connectivity index is 1.42. The lowest BCUT2D eigenvalue weighted by Crippen LogP contribution is -2.55. The van der Waals surface area contributed by atoms with Crippen LogP contribution in [0, 0.1) is 11.7 Å². The standard InChI is InChI=1S/C37H39F4NO5SSi/c1-36(2,3)49(4,5)47-33(26-18-20-29(38)21-19-26)23-22-32-34(42(35(32)43)30-11-7-6-8-12-30)27-16-14-25(15-17-27)28-10-9-13-31(24-28)46-48(44,45)37(39,40)41/h6-21,24,32-34H,22-23H2,1-5H3. The SMILES string of the molecule is CC(C)(C)[Si](C)(C)OC(CCC1C(=O)N(c2ccccc2)C1c1ccc(-c2cccc(OS(=O)(=O)C(F)(F)F)c2)cc1)c1ccc(F)cc1. The number of alkyl halides is 3. The van der Waals surface area contributed by atoms with E-state index < -0.39 is 29.7 Å². The fraction of sp³-hybridized carbons (Fsp3) is 0.324. The van der Waals surface area contributed by atoms with E-state index in [1.807, 2.05) is 42.5 Å². The third-order valence-corrected chi connectivity index (χ3v) is 14.8. The Hall–Kier alpha value is -4.00. The molecule has 0 radical (unpaired) electrons. The molecule has 3 atom stereocenters. The van der Waals surface area contributed by atoms with Gasteiger partial charge < -0.3 is 13.5 Å². The number of amides is 1. The third-order valence-electron chi connectivity index (χ3n) is 9.38. The number of anilines is 1. The fourth-order valence-electron chi connectivity index (χ4n) is 5.70. The minimum atomic E-state index is -5.82. The van der Waals surface area contributed by atoms with Crippen LogP contribution >= 0.6 is 0 Å². The summed E-state index contributed by atoms with van der Waals surface area (Å²) in [6, 6.07) is 28.0. The molecule has 0 spiro atoms. The minimum Gasteiger partial charge on any atom is -0.410 e. The molecule has 0 N–H and O–H groups in total. The first kappa shape index (κ1) is 36.3. The topological polar surface area (TPSA) is 72.9 Å². The van der Waals surface area contributed by atoms with Gasteiger partial charge in [-0.15, -0.1) is 0 Å². The van der Waals surface area contributed by atoms with Crippen molar-refractivity contribution >= 4 is 30.0 Å².